The lowest BCUT2D eigenvalue weighted by Gasteiger charge is -2.30. The number of amides is 1. The molecule has 1 aliphatic heterocycles. The Morgan fingerprint density at radius 2 is 1.95 bits per heavy atom. The minimum atomic E-state index is 0. The summed E-state index contributed by atoms with van der Waals surface area (Å²) in [6.07, 6.45) is 2.81. The van der Waals surface area contributed by atoms with Crippen LogP contribution in [0.2, 0.25) is 0 Å². The molecule has 5 nitrogen and oxygen atoms in total. The van der Waals surface area contributed by atoms with E-state index in [1.54, 1.807) is 0 Å². The number of likely N-dealkylation sites (tertiary alicyclic amines) is 1. The van der Waals surface area contributed by atoms with Crippen LogP contribution >= 0.6 is 12.4 Å². The molecule has 0 aromatic carbocycles. The molecule has 2 heterocycles. The molecule has 1 fully saturated rings. The third-order valence-corrected chi connectivity index (χ3v) is 3.86. The number of nitrogens with zero attached hydrogens (tertiary/aromatic N) is 3. The van der Waals surface area contributed by atoms with Crippen LogP contribution in [0, 0.1) is 13.8 Å². The maximum absolute atomic E-state index is 12.6. The van der Waals surface area contributed by atoms with Crippen molar-refractivity contribution in [3.63, 3.8) is 0 Å². The number of carbonyl (C=O) groups is 1. The number of nitrogens with two attached hydrogens (primary N) is 1. The smallest absolute Gasteiger partial charge is 0.257 e. The van der Waals surface area contributed by atoms with E-state index in [1.807, 2.05) is 23.4 Å². The summed E-state index contributed by atoms with van der Waals surface area (Å²) in [7, 11) is 0. The van der Waals surface area contributed by atoms with Gasteiger partial charge in [-0.05, 0) is 33.1 Å². The molecule has 0 aliphatic carbocycles. The predicted octanol–water partition coefficient (Wildman–Crippen LogP) is 1.90. The summed E-state index contributed by atoms with van der Waals surface area (Å²) < 4.78 is 1.94. The normalized spacial score (nSPS) is 16.1. The van der Waals surface area contributed by atoms with Crippen LogP contribution in [0.5, 0.6) is 0 Å². The van der Waals surface area contributed by atoms with Crippen LogP contribution in [0.1, 0.15) is 47.9 Å². The van der Waals surface area contributed by atoms with Crippen LogP contribution in [0.3, 0.4) is 0 Å². The quantitative estimate of drug-likeness (QED) is 0.927. The van der Waals surface area contributed by atoms with Crippen molar-refractivity contribution in [2.45, 2.75) is 52.6 Å². The molecule has 1 aromatic heterocycles. The Hall–Kier alpha value is -1.07. The van der Waals surface area contributed by atoms with Crippen molar-refractivity contribution in [2.75, 3.05) is 13.1 Å². The first kappa shape index (κ1) is 17.0. The lowest BCUT2D eigenvalue weighted by molar-refractivity contribution is 0.0713. The van der Waals surface area contributed by atoms with Gasteiger partial charge in [0.15, 0.2) is 0 Å². The van der Waals surface area contributed by atoms with Crippen LogP contribution in [0.15, 0.2) is 0 Å². The number of aromatic nitrogens is 2. The highest BCUT2D eigenvalue weighted by atomic mass is 35.5. The molecule has 2 N–H and O–H groups in total. The van der Waals surface area contributed by atoms with E-state index in [1.165, 1.54) is 0 Å². The highest BCUT2D eigenvalue weighted by molar-refractivity contribution is 5.96. The van der Waals surface area contributed by atoms with E-state index >= 15 is 0 Å². The monoisotopic (exact) mass is 300 g/mol. The third kappa shape index (κ3) is 3.33. The minimum absolute atomic E-state index is 0. The van der Waals surface area contributed by atoms with Crippen molar-refractivity contribution in [3.05, 3.63) is 17.0 Å². The molecule has 2 rings (SSSR count). The van der Waals surface area contributed by atoms with E-state index < -0.39 is 0 Å². The van der Waals surface area contributed by atoms with Gasteiger partial charge < -0.3 is 10.6 Å². The summed E-state index contributed by atoms with van der Waals surface area (Å²) in [4.78, 5) is 14.5. The zero-order chi connectivity index (χ0) is 14.0. The predicted molar refractivity (Wildman–Crippen MR) is 82.4 cm³/mol. The minimum Gasteiger partial charge on any atom is -0.338 e. The Kier molecular flexibility index (Phi) is 6.02. The Morgan fingerprint density at radius 3 is 2.50 bits per heavy atom. The van der Waals surface area contributed by atoms with Crippen molar-refractivity contribution in [1.82, 2.24) is 14.7 Å². The number of rotatable bonds is 3. The van der Waals surface area contributed by atoms with Gasteiger partial charge >= 0.3 is 0 Å². The second-order valence-corrected chi connectivity index (χ2v) is 5.40. The first-order valence-electron chi connectivity index (χ1n) is 7.13. The van der Waals surface area contributed by atoms with Gasteiger partial charge in [-0.2, -0.15) is 5.10 Å². The van der Waals surface area contributed by atoms with Crippen LogP contribution in [-0.4, -0.2) is 39.7 Å². The van der Waals surface area contributed by atoms with E-state index in [0.29, 0.717) is 0 Å². The number of carbonyl (C=O) groups excluding carboxylic acids is 1. The Balaban J connectivity index is 0.00000200. The van der Waals surface area contributed by atoms with Gasteiger partial charge in [-0.3, -0.25) is 9.48 Å². The second-order valence-electron chi connectivity index (χ2n) is 5.40. The maximum Gasteiger partial charge on any atom is 0.257 e. The zero-order valence-corrected chi connectivity index (χ0v) is 13.4. The van der Waals surface area contributed by atoms with E-state index in [-0.39, 0.29) is 24.4 Å². The molecule has 0 saturated carbocycles. The second kappa shape index (κ2) is 7.09. The van der Waals surface area contributed by atoms with Gasteiger partial charge in [0.25, 0.3) is 5.91 Å². The zero-order valence-electron chi connectivity index (χ0n) is 12.6. The summed E-state index contributed by atoms with van der Waals surface area (Å²) in [6, 6.07) is 0.244. The van der Waals surface area contributed by atoms with Gasteiger partial charge in [-0.15, -0.1) is 12.4 Å². The molecule has 1 aromatic rings. The lowest BCUT2D eigenvalue weighted by Crippen LogP contribution is -2.43. The standard InChI is InChI=1S/C14H24N4O.ClH/c1-4-7-18-11(3)13(10(2)16-18)14(19)17-8-5-12(15)6-9-17;/h12H,4-9,15H2,1-3H3;1H. The fraction of sp³-hybridized carbons (Fsp3) is 0.714. The average molecular weight is 301 g/mol. The number of hydrogen-bond acceptors (Lipinski definition) is 3. The van der Waals surface area contributed by atoms with Gasteiger partial charge in [-0.1, -0.05) is 6.92 Å². The molecule has 0 bridgehead atoms. The molecule has 0 atom stereocenters. The molecule has 0 unspecified atom stereocenters. The van der Waals surface area contributed by atoms with Gasteiger partial charge in [-0.25, -0.2) is 0 Å². The van der Waals surface area contributed by atoms with Crippen molar-refractivity contribution in [3.8, 4) is 0 Å². The molecule has 0 radical (unpaired) electrons. The fourth-order valence-corrected chi connectivity index (χ4v) is 2.70. The number of hydrogen-bond donors (Lipinski definition) is 1. The molecule has 0 spiro atoms. The van der Waals surface area contributed by atoms with E-state index in [9.17, 15) is 4.79 Å². The Labute approximate surface area is 126 Å². The average Bonchev–Trinajstić information content (AvgIpc) is 2.65. The van der Waals surface area contributed by atoms with Crippen LogP contribution in [0.4, 0.5) is 0 Å². The molecular formula is C14H25ClN4O. The summed E-state index contributed by atoms with van der Waals surface area (Å²) in [6.45, 7) is 8.41. The van der Waals surface area contributed by atoms with Crippen LogP contribution in [-0.2, 0) is 6.54 Å². The SMILES string of the molecule is CCCn1nc(C)c(C(=O)N2CCC(N)CC2)c1C.Cl. The third-order valence-electron chi connectivity index (χ3n) is 3.86. The van der Waals surface area contributed by atoms with Crippen LogP contribution < -0.4 is 5.73 Å². The van der Waals surface area contributed by atoms with E-state index in [0.717, 1.165) is 55.8 Å². The summed E-state index contributed by atoms with van der Waals surface area (Å²) in [5, 5.41) is 4.48. The summed E-state index contributed by atoms with van der Waals surface area (Å²) in [5.74, 6) is 0.115. The van der Waals surface area contributed by atoms with Gasteiger partial charge in [0.05, 0.1) is 11.3 Å². The maximum atomic E-state index is 12.6. The number of piperidine rings is 1. The lowest BCUT2D eigenvalue weighted by atomic mass is 10.0. The van der Waals surface area contributed by atoms with Gasteiger partial charge in [0.2, 0.25) is 0 Å². The van der Waals surface area contributed by atoms with Crippen molar-refractivity contribution in [1.29, 1.82) is 0 Å². The van der Waals surface area contributed by atoms with E-state index in [4.69, 9.17) is 5.73 Å². The Bertz CT molecular complexity index is 464. The fourth-order valence-electron chi connectivity index (χ4n) is 2.70. The molecule has 1 amide bonds. The van der Waals surface area contributed by atoms with Crippen molar-refractivity contribution >= 4 is 18.3 Å². The molecule has 1 saturated heterocycles. The van der Waals surface area contributed by atoms with Crippen molar-refractivity contribution in [2.24, 2.45) is 5.73 Å². The molecule has 114 valence electrons. The first-order chi connectivity index (χ1) is 9.04. The molecule has 1 aliphatic rings. The first-order valence-corrected chi connectivity index (χ1v) is 7.13. The van der Waals surface area contributed by atoms with Crippen molar-refractivity contribution < 1.29 is 4.79 Å². The highest BCUT2D eigenvalue weighted by Gasteiger charge is 2.26. The van der Waals surface area contributed by atoms with Gasteiger partial charge in [0, 0.05) is 31.4 Å². The summed E-state index contributed by atoms with van der Waals surface area (Å²) in [5.41, 5.74) is 8.49. The topological polar surface area (TPSA) is 64.2 Å². The molecule has 6 heteroatoms. The number of aryl methyl sites for hydroxylation is 2. The van der Waals surface area contributed by atoms with Crippen LogP contribution in [0.25, 0.3) is 0 Å². The summed E-state index contributed by atoms with van der Waals surface area (Å²) >= 11 is 0. The molecule has 20 heavy (non-hydrogen) atoms. The van der Waals surface area contributed by atoms with Gasteiger partial charge in [0.1, 0.15) is 0 Å². The Morgan fingerprint density at radius 1 is 1.35 bits per heavy atom. The largest absolute Gasteiger partial charge is 0.338 e. The highest BCUT2D eigenvalue weighted by Crippen LogP contribution is 2.18. The van der Waals surface area contributed by atoms with E-state index in [2.05, 4.69) is 12.0 Å². The molecular weight excluding hydrogens is 276 g/mol. The number of halogens is 1.